The Bertz CT molecular complexity index is 406. The highest BCUT2D eigenvalue weighted by molar-refractivity contribution is 5.50. The van der Waals surface area contributed by atoms with E-state index in [0.717, 1.165) is 17.5 Å². The SMILES string of the molecule is C[C@@H](O)c1ccc(N2CCCC2C2CCCC2)cc1. The largest absolute Gasteiger partial charge is 0.389 e. The normalized spacial score (nSPS) is 26.0. The van der Waals surface area contributed by atoms with Crippen molar-refractivity contribution in [1.82, 2.24) is 0 Å². The molecule has 1 N–H and O–H groups in total. The summed E-state index contributed by atoms with van der Waals surface area (Å²) in [6.07, 6.45) is 8.03. The van der Waals surface area contributed by atoms with Gasteiger partial charge >= 0.3 is 0 Å². The van der Waals surface area contributed by atoms with E-state index in [-0.39, 0.29) is 6.10 Å². The molecule has 1 aliphatic heterocycles. The fourth-order valence-electron chi connectivity index (χ4n) is 3.89. The van der Waals surface area contributed by atoms with Gasteiger partial charge in [0.1, 0.15) is 0 Å². The Hall–Kier alpha value is -1.02. The van der Waals surface area contributed by atoms with Crippen molar-refractivity contribution in [1.29, 1.82) is 0 Å². The zero-order chi connectivity index (χ0) is 13.2. The maximum Gasteiger partial charge on any atom is 0.0761 e. The lowest BCUT2D eigenvalue weighted by Crippen LogP contribution is -2.34. The number of aliphatic hydroxyl groups is 1. The first-order valence-corrected chi connectivity index (χ1v) is 7.80. The van der Waals surface area contributed by atoms with Crippen LogP contribution in [0.5, 0.6) is 0 Å². The zero-order valence-corrected chi connectivity index (χ0v) is 11.9. The quantitative estimate of drug-likeness (QED) is 0.890. The van der Waals surface area contributed by atoms with E-state index < -0.39 is 0 Å². The fourth-order valence-corrected chi connectivity index (χ4v) is 3.89. The topological polar surface area (TPSA) is 23.5 Å². The summed E-state index contributed by atoms with van der Waals surface area (Å²) in [4.78, 5) is 2.61. The number of aliphatic hydroxyl groups excluding tert-OH is 1. The molecule has 2 heteroatoms. The second-order valence-corrected chi connectivity index (χ2v) is 6.22. The molecule has 0 bridgehead atoms. The summed E-state index contributed by atoms with van der Waals surface area (Å²) in [6.45, 7) is 3.03. The maximum absolute atomic E-state index is 9.59. The summed E-state index contributed by atoms with van der Waals surface area (Å²) >= 11 is 0. The Morgan fingerprint density at radius 1 is 1.05 bits per heavy atom. The van der Waals surface area contributed by atoms with Crippen LogP contribution in [0.3, 0.4) is 0 Å². The second kappa shape index (κ2) is 5.54. The highest BCUT2D eigenvalue weighted by Gasteiger charge is 2.33. The summed E-state index contributed by atoms with van der Waals surface area (Å²) < 4.78 is 0. The van der Waals surface area contributed by atoms with Crippen molar-refractivity contribution >= 4 is 5.69 Å². The Labute approximate surface area is 116 Å². The van der Waals surface area contributed by atoms with Gasteiger partial charge in [-0.15, -0.1) is 0 Å². The molecule has 1 unspecified atom stereocenters. The highest BCUT2D eigenvalue weighted by Crippen LogP contribution is 2.37. The van der Waals surface area contributed by atoms with E-state index in [4.69, 9.17) is 0 Å². The average Bonchev–Trinajstić information content (AvgIpc) is 3.09. The molecule has 2 aliphatic rings. The number of hydrogen-bond donors (Lipinski definition) is 1. The third-order valence-corrected chi connectivity index (χ3v) is 4.95. The number of anilines is 1. The first kappa shape index (κ1) is 13.0. The van der Waals surface area contributed by atoms with Crippen molar-refractivity contribution in [2.24, 2.45) is 5.92 Å². The van der Waals surface area contributed by atoms with Gasteiger partial charge in [0.2, 0.25) is 0 Å². The van der Waals surface area contributed by atoms with Crippen molar-refractivity contribution in [3.8, 4) is 0 Å². The van der Waals surface area contributed by atoms with E-state index in [9.17, 15) is 5.11 Å². The highest BCUT2D eigenvalue weighted by atomic mass is 16.3. The van der Waals surface area contributed by atoms with Crippen molar-refractivity contribution in [2.45, 2.75) is 57.6 Å². The molecule has 1 aromatic carbocycles. The Morgan fingerprint density at radius 2 is 1.74 bits per heavy atom. The molecule has 1 aromatic rings. The van der Waals surface area contributed by atoms with Crippen LogP contribution in [0.4, 0.5) is 5.69 Å². The molecule has 0 radical (unpaired) electrons. The third kappa shape index (κ3) is 2.64. The summed E-state index contributed by atoms with van der Waals surface area (Å²) in [5, 5.41) is 9.59. The molecule has 2 fully saturated rings. The van der Waals surface area contributed by atoms with Crippen LogP contribution in [0.25, 0.3) is 0 Å². The molecule has 2 atom stereocenters. The maximum atomic E-state index is 9.59. The first-order valence-electron chi connectivity index (χ1n) is 7.80. The van der Waals surface area contributed by atoms with Gasteiger partial charge in [0, 0.05) is 18.3 Å². The molecule has 3 rings (SSSR count). The van der Waals surface area contributed by atoms with E-state index in [1.165, 1.54) is 50.8 Å². The van der Waals surface area contributed by atoms with Crippen molar-refractivity contribution in [3.05, 3.63) is 29.8 Å². The molecule has 0 amide bonds. The van der Waals surface area contributed by atoms with Crippen LogP contribution in [0, 0.1) is 5.92 Å². The molecular weight excluding hydrogens is 234 g/mol. The monoisotopic (exact) mass is 259 g/mol. The molecule has 19 heavy (non-hydrogen) atoms. The van der Waals surface area contributed by atoms with Crippen molar-refractivity contribution < 1.29 is 5.11 Å². The second-order valence-electron chi connectivity index (χ2n) is 6.22. The molecule has 1 saturated heterocycles. The lowest BCUT2D eigenvalue weighted by Gasteiger charge is -2.31. The number of rotatable bonds is 3. The van der Waals surface area contributed by atoms with Gasteiger partial charge in [-0.25, -0.2) is 0 Å². The van der Waals surface area contributed by atoms with E-state index in [1.807, 2.05) is 6.92 Å². The van der Waals surface area contributed by atoms with Gasteiger partial charge in [0.25, 0.3) is 0 Å². The lowest BCUT2D eigenvalue weighted by atomic mass is 9.95. The van der Waals surface area contributed by atoms with Crippen molar-refractivity contribution in [3.63, 3.8) is 0 Å². The molecule has 2 nitrogen and oxygen atoms in total. The molecule has 1 aliphatic carbocycles. The minimum atomic E-state index is -0.363. The van der Waals surface area contributed by atoms with E-state index in [0.29, 0.717) is 0 Å². The lowest BCUT2D eigenvalue weighted by molar-refractivity contribution is 0.199. The standard InChI is InChI=1S/C17H25NO/c1-13(19)14-8-10-16(11-9-14)18-12-4-7-17(18)15-5-2-3-6-15/h8-11,13,15,17,19H,2-7,12H2,1H3/t13-,17?/m1/s1. The van der Waals surface area contributed by atoms with Crippen LogP contribution >= 0.6 is 0 Å². The molecule has 1 heterocycles. The predicted octanol–water partition coefficient (Wildman–Crippen LogP) is 3.90. The van der Waals surface area contributed by atoms with Crippen molar-refractivity contribution in [2.75, 3.05) is 11.4 Å². The summed E-state index contributed by atoms with van der Waals surface area (Å²) in [5.41, 5.74) is 2.36. The Morgan fingerprint density at radius 3 is 2.37 bits per heavy atom. The smallest absolute Gasteiger partial charge is 0.0761 e. The van der Waals surface area contributed by atoms with Gasteiger partial charge in [0.05, 0.1) is 6.10 Å². The molecule has 104 valence electrons. The van der Waals surface area contributed by atoms with Crippen LogP contribution < -0.4 is 4.90 Å². The fraction of sp³-hybridized carbons (Fsp3) is 0.647. The molecular formula is C17H25NO. The summed E-state index contributed by atoms with van der Waals surface area (Å²) in [7, 11) is 0. The van der Waals surface area contributed by atoms with Gasteiger partial charge in [-0.2, -0.15) is 0 Å². The first-order chi connectivity index (χ1) is 9.25. The number of benzene rings is 1. The average molecular weight is 259 g/mol. The van der Waals surface area contributed by atoms with Crippen LogP contribution in [0.15, 0.2) is 24.3 Å². The van der Waals surface area contributed by atoms with Crippen LogP contribution in [-0.4, -0.2) is 17.7 Å². The number of nitrogens with zero attached hydrogens (tertiary/aromatic N) is 1. The summed E-state index contributed by atoms with van der Waals surface area (Å²) in [6, 6.07) is 9.29. The van der Waals surface area contributed by atoms with Crippen LogP contribution in [0.2, 0.25) is 0 Å². The zero-order valence-electron chi connectivity index (χ0n) is 11.9. The van der Waals surface area contributed by atoms with Gasteiger partial charge in [-0.05, 0) is 56.2 Å². The Kier molecular flexibility index (Phi) is 3.79. The van der Waals surface area contributed by atoms with E-state index >= 15 is 0 Å². The predicted molar refractivity (Wildman–Crippen MR) is 79.4 cm³/mol. The van der Waals surface area contributed by atoms with Gasteiger partial charge < -0.3 is 10.0 Å². The van der Waals surface area contributed by atoms with Gasteiger partial charge in [-0.3, -0.25) is 0 Å². The van der Waals surface area contributed by atoms with E-state index in [2.05, 4.69) is 29.2 Å². The minimum Gasteiger partial charge on any atom is -0.389 e. The van der Waals surface area contributed by atoms with Crippen LogP contribution in [-0.2, 0) is 0 Å². The van der Waals surface area contributed by atoms with Gasteiger partial charge in [-0.1, -0.05) is 25.0 Å². The molecule has 0 aromatic heterocycles. The molecule has 1 saturated carbocycles. The third-order valence-electron chi connectivity index (χ3n) is 4.95. The minimum absolute atomic E-state index is 0.363. The number of hydrogen-bond acceptors (Lipinski definition) is 2. The summed E-state index contributed by atoms with van der Waals surface area (Å²) in [5.74, 6) is 0.916. The Balaban J connectivity index is 1.76. The van der Waals surface area contributed by atoms with E-state index in [1.54, 1.807) is 0 Å². The molecule has 0 spiro atoms. The van der Waals surface area contributed by atoms with Gasteiger partial charge in [0.15, 0.2) is 0 Å². The van der Waals surface area contributed by atoms with Crippen LogP contribution in [0.1, 0.15) is 57.1 Å².